The number of amides is 1. The number of aryl methyl sites for hydroxylation is 1. The summed E-state index contributed by atoms with van der Waals surface area (Å²) in [5, 5.41) is 12.2. The lowest BCUT2D eigenvalue weighted by Gasteiger charge is -2.18. The number of anilines is 1. The van der Waals surface area contributed by atoms with Crippen LogP contribution in [0.1, 0.15) is 37.8 Å². The number of nitrogens with zero attached hydrogens (tertiary/aromatic N) is 2. The van der Waals surface area contributed by atoms with Crippen molar-refractivity contribution in [3.63, 3.8) is 0 Å². The molecule has 1 heterocycles. The van der Waals surface area contributed by atoms with Gasteiger partial charge < -0.3 is 9.47 Å². The molecule has 1 aromatic heterocycles. The molecule has 7 heteroatoms. The highest BCUT2D eigenvalue weighted by atomic mass is 32.1. The van der Waals surface area contributed by atoms with Gasteiger partial charge in [0.15, 0.2) is 6.10 Å². The van der Waals surface area contributed by atoms with E-state index < -0.39 is 6.10 Å². The Bertz CT molecular complexity index is 983. The molecule has 0 fully saturated rings. The molecular weight excluding hydrogens is 386 g/mol. The Labute approximate surface area is 174 Å². The molecular formula is C22H25N3O3S. The van der Waals surface area contributed by atoms with Crippen LogP contribution in [0.2, 0.25) is 0 Å². The number of hydrogen-bond acceptors (Lipinski definition) is 6. The Morgan fingerprint density at radius 1 is 1.07 bits per heavy atom. The van der Waals surface area contributed by atoms with Gasteiger partial charge in [-0.2, -0.15) is 0 Å². The molecule has 2 aromatic carbocycles. The fourth-order valence-electron chi connectivity index (χ4n) is 2.80. The minimum absolute atomic E-state index is 0.265. The first-order valence-electron chi connectivity index (χ1n) is 9.43. The van der Waals surface area contributed by atoms with Crippen molar-refractivity contribution in [3.8, 4) is 22.1 Å². The van der Waals surface area contributed by atoms with Crippen LogP contribution < -0.4 is 14.8 Å². The lowest BCUT2D eigenvalue weighted by atomic mass is 10.0. The minimum Gasteiger partial charge on any atom is -0.497 e. The highest BCUT2D eigenvalue weighted by Gasteiger charge is 2.19. The number of carbonyl (C=O) groups is 1. The molecule has 6 nitrogen and oxygen atoms in total. The molecule has 3 aromatic rings. The van der Waals surface area contributed by atoms with Gasteiger partial charge in [0.2, 0.25) is 5.13 Å². The largest absolute Gasteiger partial charge is 0.497 e. The minimum atomic E-state index is -0.664. The van der Waals surface area contributed by atoms with Gasteiger partial charge in [0, 0.05) is 5.56 Å². The second kappa shape index (κ2) is 9.05. The third-order valence-corrected chi connectivity index (χ3v) is 5.34. The molecule has 1 amide bonds. The van der Waals surface area contributed by atoms with E-state index in [1.165, 1.54) is 11.3 Å². The maximum Gasteiger partial charge on any atom is 0.266 e. The summed E-state index contributed by atoms with van der Waals surface area (Å²) in [7, 11) is 1.62. The van der Waals surface area contributed by atoms with Crippen LogP contribution >= 0.6 is 11.3 Å². The summed E-state index contributed by atoms with van der Waals surface area (Å²) in [6.45, 7) is 7.94. The van der Waals surface area contributed by atoms with E-state index in [9.17, 15) is 4.79 Å². The van der Waals surface area contributed by atoms with Gasteiger partial charge in [-0.3, -0.25) is 10.1 Å². The number of ether oxygens (including phenoxy) is 2. The fourth-order valence-corrected chi connectivity index (χ4v) is 3.55. The van der Waals surface area contributed by atoms with Crippen molar-refractivity contribution >= 4 is 22.4 Å². The first-order chi connectivity index (χ1) is 13.9. The molecule has 0 aliphatic carbocycles. The summed E-state index contributed by atoms with van der Waals surface area (Å²) in [5.74, 6) is 1.54. The van der Waals surface area contributed by atoms with Crippen LogP contribution in [-0.4, -0.2) is 29.3 Å². The molecule has 0 unspecified atom stereocenters. The second-order valence-electron chi connectivity index (χ2n) is 7.09. The monoisotopic (exact) mass is 411 g/mol. The van der Waals surface area contributed by atoms with Gasteiger partial charge in [0.1, 0.15) is 16.5 Å². The summed E-state index contributed by atoms with van der Waals surface area (Å²) in [6, 6.07) is 13.6. The second-order valence-corrected chi connectivity index (χ2v) is 8.06. The van der Waals surface area contributed by atoms with Gasteiger partial charge in [-0.25, -0.2) is 0 Å². The van der Waals surface area contributed by atoms with Gasteiger partial charge >= 0.3 is 0 Å². The number of nitrogens with one attached hydrogen (secondary N) is 1. The summed E-state index contributed by atoms with van der Waals surface area (Å²) in [4.78, 5) is 12.6. The normalized spacial score (nSPS) is 11.9. The predicted octanol–water partition coefficient (Wildman–Crippen LogP) is 5.05. The smallest absolute Gasteiger partial charge is 0.266 e. The van der Waals surface area contributed by atoms with Gasteiger partial charge in [-0.15, -0.1) is 10.2 Å². The van der Waals surface area contributed by atoms with Crippen molar-refractivity contribution in [1.29, 1.82) is 0 Å². The highest BCUT2D eigenvalue weighted by molar-refractivity contribution is 7.18. The van der Waals surface area contributed by atoms with E-state index in [-0.39, 0.29) is 5.91 Å². The average Bonchev–Trinajstić information content (AvgIpc) is 3.16. The Morgan fingerprint density at radius 2 is 1.79 bits per heavy atom. The molecule has 152 valence electrons. The van der Waals surface area contributed by atoms with E-state index in [4.69, 9.17) is 9.47 Å². The van der Waals surface area contributed by atoms with E-state index in [0.717, 1.165) is 33.2 Å². The Kier molecular flexibility index (Phi) is 6.49. The van der Waals surface area contributed by atoms with E-state index in [1.54, 1.807) is 14.0 Å². The van der Waals surface area contributed by atoms with Crippen molar-refractivity contribution in [2.45, 2.75) is 39.7 Å². The van der Waals surface area contributed by atoms with Crippen molar-refractivity contribution in [2.24, 2.45) is 0 Å². The van der Waals surface area contributed by atoms with Gasteiger partial charge in [-0.1, -0.05) is 37.3 Å². The number of rotatable bonds is 7. The third kappa shape index (κ3) is 5.12. The molecule has 0 aliphatic heterocycles. The van der Waals surface area contributed by atoms with Crippen LogP contribution in [0.3, 0.4) is 0 Å². The zero-order valence-electron chi connectivity index (χ0n) is 17.2. The molecule has 29 heavy (non-hydrogen) atoms. The van der Waals surface area contributed by atoms with E-state index in [2.05, 4.69) is 35.4 Å². The first-order valence-corrected chi connectivity index (χ1v) is 10.2. The Balaban J connectivity index is 1.67. The lowest BCUT2D eigenvalue weighted by Crippen LogP contribution is -2.30. The number of carbonyl (C=O) groups excluding carboxylic acids is 1. The third-order valence-electron chi connectivity index (χ3n) is 4.46. The maximum atomic E-state index is 12.6. The zero-order chi connectivity index (χ0) is 21.0. The SMILES string of the molecule is COc1ccc(-c2nnc(NC(=O)[C@@H](C)Oc3cc(C)ccc3C(C)C)s2)cc1. The summed E-state index contributed by atoms with van der Waals surface area (Å²) in [5.41, 5.74) is 3.08. The van der Waals surface area contributed by atoms with Gasteiger partial charge in [-0.05, 0) is 61.2 Å². The van der Waals surface area contributed by atoms with Crippen LogP contribution in [0.5, 0.6) is 11.5 Å². The molecule has 0 radical (unpaired) electrons. The quantitative estimate of drug-likeness (QED) is 0.589. The van der Waals surface area contributed by atoms with E-state index in [0.29, 0.717) is 11.0 Å². The van der Waals surface area contributed by atoms with Crippen LogP contribution in [-0.2, 0) is 4.79 Å². The zero-order valence-corrected chi connectivity index (χ0v) is 18.0. The Morgan fingerprint density at radius 3 is 2.45 bits per heavy atom. The number of aromatic nitrogens is 2. The molecule has 0 saturated carbocycles. The molecule has 1 atom stereocenters. The first kappa shape index (κ1) is 20.8. The fraction of sp³-hybridized carbons (Fsp3) is 0.318. The lowest BCUT2D eigenvalue weighted by molar-refractivity contribution is -0.122. The van der Waals surface area contributed by atoms with Crippen molar-refractivity contribution < 1.29 is 14.3 Å². The van der Waals surface area contributed by atoms with Crippen LogP contribution in [0.15, 0.2) is 42.5 Å². The van der Waals surface area contributed by atoms with Gasteiger partial charge in [0.05, 0.1) is 7.11 Å². The molecule has 0 aliphatic rings. The number of methoxy groups -OCH3 is 1. The molecule has 0 spiro atoms. The van der Waals surface area contributed by atoms with E-state index in [1.807, 2.05) is 43.3 Å². The summed E-state index contributed by atoms with van der Waals surface area (Å²) < 4.78 is 11.1. The van der Waals surface area contributed by atoms with Crippen molar-refractivity contribution in [1.82, 2.24) is 10.2 Å². The number of benzene rings is 2. The number of hydrogen-bond donors (Lipinski definition) is 1. The van der Waals surface area contributed by atoms with Crippen LogP contribution in [0, 0.1) is 6.92 Å². The highest BCUT2D eigenvalue weighted by Crippen LogP contribution is 2.30. The van der Waals surface area contributed by atoms with Crippen LogP contribution in [0.25, 0.3) is 10.6 Å². The van der Waals surface area contributed by atoms with Crippen molar-refractivity contribution in [2.75, 3.05) is 12.4 Å². The summed E-state index contributed by atoms with van der Waals surface area (Å²) >= 11 is 1.31. The molecule has 0 saturated heterocycles. The van der Waals surface area contributed by atoms with Crippen molar-refractivity contribution in [3.05, 3.63) is 53.6 Å². The topological polar surface area (TPSA) is 73.3 Å². The van der Waals surface area contributed by atoms with Gasteiger partial charge in [0.25, 0.3) is 5.91 Å². The average molecular weight is 412 g/mol. The standard InChI is InChI=1S/C22H25N3O3S/c1-13(2)18-11-6-14(3)12-19(18)28-15(4)20(26)23-22-25-24-21(29-22)16-7-9-17(27-5)10-8-16/h6-13,15H,1-5H3,(H,23,25,26)/t15-/m1/s1. The Hall–Kier alpha value is -2.93. The maximum absolute atomic E-state index is 12.6. The molecule has 1 N–H and O–H groups in total. The van der Waals surface area contributed by atoms with E-state index >= 15 is 0 Å². The summed E-state index contributed by atoms with van der Waals surface area (Å²) in [6.07, 6.45) is -0.664. The predicted molar refractivity (Wildman–Crippen MR) is 116 cm³/mol. The molecule has 0 bridgehead atoms. The molecule has 3 rings (SSSR count). The van der Waals surface area contributed by atoms with Crippen LogP contribution in [0.4, 0.5) is 5.13 Å².